The Balaban J connectivity index is 2.13. The second kappa shape index (κ2) is 6.51. The fourth-order valence-electron chi connectivity index (χ4n) is 1.85. The molecule has 0 bridgehead atoms. The van der Waals surface area contributed by atoms with Gasteiger partial charge in [-0.2, -0.15) is 0 Å². The van der Waals surface area contributed by atoms with Crippen LogP contribution in [0.25, 0.3) is 0 Å². The molecule has 0 atom stereocenters. The van der Waals surface area contributed by atoms with Crippen molar-refractivity contribution < 1.29 is 19.8 Å². The highest BCUT2D eigenvalue weighted by atomic mass is 16.4. The Hall–Kier alpha value is -2.89. The summed E-state index contributed by atoms with van der Waals surface area (Å²) in [5, 5.41) is 18.9. The van der Waals surface area contributed by atoms with Gasteiger partial charge in [-0.05, 0) is 17.7 Å². The maximum absolute atomic E-state index is 11.3. The van der Waals surface area contributed by atoms with Crippen molar-refractivity contribution in [1.82, 2.24) is 9.88 Å². The maximum Gasteiger partial charge on any atom is 0.407 e. The highest BCUT2D eigenvalue weighted by Gasteiger charge is 2.15. The van der Waals surface area contributed by atoms with Crippen LogP contribution >= 0.6 is 0 Å². The third-order valence-electron chi connectivity index (χ3n) is 2.97. The van der Waals surface area contributed by atoms with Crippen LogP contribution < -0.4 is 0 Å². The molecule has 2 N–H and O–H groups in total. The minimum atomic E-state index is -1.11. The van der Waals surface area contributed by atoms with Crippen molar-refractivity contribution in [2.75, 3.05) is 0 Å². The van der Waals surface area contributed by atoms with Gasteiger partial charge in [-0.25, -0.2) is 4.79 Å². The van der Waals surface area contributed by atoms with Crippen LogP contribution in [0.5, 0.6) is 5.75 Å². The van der Waals surface area contributed by atoms with Crippen LogP contribution in [0.2, 0.25) is 0 Å². The number of hydrogen-bond donors (Lipinski definition) is 2. The number of amides is 1. The zero-order valence-corrected chi connectivity index (χ0v) is 11.1. The fourth-order valence-corrected chi connectivity index (χ4v) is 1.85. The molecule has 0 aliphatic heterocycles. The van der Waals surface area contributed by atoms with Gasteiger partial charge in [0.1, 0.15) is 17.7 Å². The summed E-state index contributed by atoms with van der Waals surface area (Å²) in [6, 6.07) is 9.67. The lowest BCUT2D eigenvalue weighted by molar-refractivity contribution is 0.112. The second-order valence-corrected chi connectivity index (χ2v) is 4.47. The molecular weight excluding hydrogens is 272 g/mol. The highest BCUT2D eigenvalue weighted by molar-refractivity contribution is 5.74. The summed E-state index contributed by atoms with van der Waals surface area (Å²) in [4.78, 5) is 27.0. The van der Waals surface area contributed by atoms with E-state index in [4.69, 9.17) is 0 Å². The molecule has 6 heteroatoms. The van der Waals surface area contributed by atoms with E-state index in [-0.39, 0.29) is 18.8 Å². The van der Waals surface area contributed by atoms with Crippen LogP contribution in [0.4, 0.5) is 4.79 Å². The predicted octanol–water partition coefficient (Wildman–Crippen LogP) is 2.28. The fraction of sp³-hybridized carbons (Fsp3) is 0.133. The summed E-state index contributed by atoms with van der Waals surface area (Å²) in [5.74, 6) is -0.0416. The first-order valence-electron chi connectivity index (χ1n) is 6.25. The van der Waals surface area contributed by atoms with Crippen molar-refractivity contribution in [2.24, 2.45) is 0 Å². The molecule has 0 saturated heterocycles. The minimum Gasteiger partial charge on any atom is -0.506 e. The Morgan fingerprint density at radius 1 is 1.19 bits per heavy atom. The minimum absolute atomic E-state index is 0.0164. The van der Waals surface area contributed by atoms with Crippen LogP contribution in [-0.2, 0) is 13.1 Å². The van der Waals surface area contributed by atoms with Gasteiger partial charge in [0.2, 0.25) is 0 Å². The highest BCUT2D eigenvalue weighted by Crippen LogP contribution is 2.17. The summed E-state index contributed by atoms with van der Waals surface area (Å²) < 4.78 is 0. The molecule has 0 spiro atoms. The summed E-state index contributed by atoms with van der Waals surface area (Å²) in [7, 11) is 0. The Bertz CT molecular complexity index is 640. The molecule has 0 aliphatic rings. The number of aromatic hydroxyl groups is 1. The van der Waals surface area contributed by atoms with Crippen molar-refractivity contribution in [3.63, 3.8) is 0 Å². The van der Waals surface area contributed by atoms with Gasteiger partial charge in [-0.3, -0.25) is 14.7 Å². The molecule has 2 aromatic rings. The van der Waals surface area contributed by atoms with Gasteiger partial charge in [-0.1, -0.05) is 24.3 Å². The summed E-state index contributed by atoms with van der Waals surface area (Å²) in [5.41, 5.74) is 1.57. The molecule has 0 unspecified atom stereocenters. The predicted molar refractivity (Wildman–Crippen MR) is 75.0 cm³/mol. The third-order valence-corrected chi connectivity index (χ3v) is 2.97. The van der Waals surface area contributed by atoms with E-state index in [1.54, 1.807) is 30.3 Å². The largest absolute Gasteiger partial charge is 0.506 e. The van der Waals surface area contributed by atoms with Crippen LogP contribution in [0.3, 0.4) is 0 Å². The topological polar surface area (TPSA) is 90.7 Å². The second-order valence-electron chi connectivity index (χ2n) is 4.47. The average molecular weight is 286 g/mol. The van der Waals surface area contributed by atoms with E-state index in [1.807, 2.05) is 0 Å². The molecule has 21 heavy (non-hydrogen) atoms. The molecule has 1 aromatic heterocycles. The van der Waals surface area contributed by atoms with Gasteiger partial charge in [0, 0.05) is 18.3 Å². The van der Waals surface area contributed by atoms with Gasteiger partial charge in [0.25, 0.3) is 0 Å². The number of hydrogen-bond acceptors (Lipinski definition) is 4. The smallest absolute Gasteiger partial charge is 0.407 e. The van der Waals surface area contributed by atoms with Crippen LogP contribution in [0, 0.1) is 0 Å². The van der Waals surface area contributed by atoms with Crippen molar-refractivity contribution in [2.45, 2.75) is 13.1 Å². The molecule has 108 valence electrons. The van der Waals surface area contributed by atoms with E-state index < -0.39 is 6.09 Å². The maximum atomic E-state index is 11.3. The molecule has 0 aliphatic carbocycles. The first-order chi connectivity index (χ1) is 10.1. The number of rotatable bonds is 5. The first-order valence-corrected chi connectivity index (χ1v) is 6.25. The van der Waals surface area contributed by atoms with Gasteiger partial charge < -0.3 is 10.2 Å². The number of aldehydes is 1. The van der Waals surface area contributed by atoms with Crippen molar-refractivity contribution >= 4 is 12.4 Å². The Morgan fingerprint density at radius 2 is 1.90 bits per heavy atom. The molecule has 1 amide bonds. The third kappa shape index (κ3) is 3.79. The molecule has 0 fully saturated rings. The number of carboxylic acid groups (broad SMARTS) is 1. The van der Waals surface area contributed by atoms with Gasteiger partial charge in [-0.15, -0.1) is 0 Å². The van der Waals surface area contributed by atoms with E-state index in [1.165, 1.54) is 12.3 Å². The first kappa shape index (κ1) is 14.5. The quantitative estimate of drug-likeness (QED) is 0.823. The zero-order valence-electron chi connectivity index (χ0n) is 11.1. The van der Waals surface area contributed by atoms with Crippen molar-refractivity contribution in [3.05, 3.63) is 59.4 Å². The molecule has 0 saturated carbocycles. The lowest BCUT2D eigenvalue weighted by Crippen LogP contribution is -2.28. The summed E-state index contributed by atoms with van der Waals surface area (Å²) in [6.45, 7) is 0.127. The van der Waals surface area contributed by atoms with Crippen LogP contribution in [0.1, 0.15) is 21.6 Å². The molecular formula is C15H14N2O4. The average Bonchev–Trinajstić information content (AvgIpc) is 2.49. The van der Waals surface area contributed by atoms with Crippen LogP contribution in [-0.4, -0.2) is 32.5 Å². The SMILES string of the molecule is O=Cc1ccc(CN(Cc2ncccc2O)C(=O)O)cc1. The van der Waals surface area contributed by atoms with E-state index in [9.17, 15) is 19.8 Å². The number of carbonyl (C=O) groups is 2. The number of aromatic nitrogens is 1. The van der Waals surface area contributed by atoms with Gasteiger partial charge in [0.15, 0.2) is 0 Å². The summed E-state index contributed by atoms with van der Waals surface area (Å²) in [6.07, 6.45) is 1.11. The van der Waals surface area contributed by atoms with Crippen molar-refractivity contribution in [1.29, 1.82) is 0 Å². The molecule has 1 aromatic carbocycles. The zero-order chi connectivity index (χ0) is 15.2. The van der Waals surface area contributed by atoms with E-state index >= 15 is 0 Å². The number of pyridine rings is 1. The molecule has 1 heterocycles. The van der Waals surface area contributed by atoms with Gasteiger partial charge >= 0.3 is 6.09 Å². The Kier molecular flexibility index (Phi) is 4.50. The standard InChI is InChI=1S/C15H14N2O4/c18-10-12-5-3-11(4-6-12)8-17(15(20)21)9-13-14(19)2-1-7-16-13/h1-7,10,19H,8-9H2,(H,20,21). The van der Waals surface area contributed by atoms with Crippen molar-refractivity contribution in [3.8, 4) is 5.75 Å². The Labute approximate surface area is 121 Å². The molecule has 0 radical (unpaired) electrons. The van der Waals surface area contributed by atoms with E-state index in [2.05, 4.69) is 4.98 Å². The summed E-state index contributed by atoms with van der Waals surface area (Å²) >= 11 is 0. The number of nitrogens with zero attached hydrogens (tertiary/aromatic N) is 2. The lowest BCUT2D eigenvalue weighted by atomic mass is 10.1. The van der Waals surface area contributed by atoms with E-state index in [0.717, 1.165) is 16.7 Å². The number of benzene rings is 1. The van der Waals surface area contributed by atoms with Gasteiger partial charge in [0.05, 0.1) is 6.54 Å². The molecule has 2 rings (SSSR count). The number of carbonyl (C=O) groups excluding carboxylic acids is 1. The van der Waals surface area contributed by atoms with E-state index in [0.29, 0.717) is 11.3 Å². The Morgan fingerprint density at radius 3 is 2.48 bits per heavy atom. The van der Waals surface area contributed by atoms with Crippen LogP contribution in [0.15, 0.2) is 42.6 Å². The lowest BCUT2D eigenvalue weighted by Gasteiger charge is -2.19. The monoisotopic (exact) mass is 286 g/mol. The molecule has 6 nitrogen and oxygen atoms in total. The normalized spacial score (nSPS) is 10.1.